The number of benzene rings is 3. The highest BCUT2D eigenvalue weighted by Crippen LogP contribution is 2.20. The minimum Gasteiger partial charge on any atom is -0.508 e. The van der Waals surface area contributed by atoms with E-state index in [1.54, 1.807) is 48.5 Å². The molecule has 1 aromatic heterocycles. The first-order valence-corrected chi connectivity index (χ1v) is 8.23. The number of para-hydroxylation sites is 1. The second kappa shape index (κ2) is 6.84. The van der Waals surface area contributed by atoms with Crippen molar-refractivity contribution < 1.29 is 9.50 Å². The van der Waals surface area contributed by atoms with Crippen molar-refractivity contribution in [2.75, 3.05) is 0 Å². The highest BCUT2D eigenvalue weighted by Gasteiger charge is 2.12. The quantitative estimate of drug-likeness (QED) is 0.566. The Morgan fingerprint density at radius 3 is 2.56 bits per heavy atom. The van der Waals surface area contributed by atoms with Gasteiger partial charge in [0.2, 0.25) is 0 Å². The summed E-state index contributed by atoms with van der Waals surface area (Å²) < 4.78 is 14.9. The molecule has 0 unspecified atom stereocenters. The summed E-state index contributed by atoms with van der Waals surface area (Å²) in [5, 5.41) is 14.1. The maximum absolute atomic E-state index is 13.7. The van der Waals surface area contributed by atoms with Crippen LogP contribution >= 0.6 is 0 Å². The number of phenolic OH excluding ortho intramolecular Hbond substituents is 1. The minimum absolute atomic E-state index is 0.136. The summed E-state index contributed by atoms with van der Waals surface area (Å²) >= 11 is 0. The molecule has 0 spiro atoms. The number of halogens is 1. The van der Waals surface area contributed by atoms with Gasteiger partial charge in [-0.1, -0.05) is 24.3 Å². The zero-order chi connectivity index (χ0) is 18.8. The summed E-state index contributed by atoms with van der Waals surface area (Å²) in [4.78, 5) is 17.5. The fourth-order valence-corrected chi connectivity index (χ4v) is 2.73. The summed E-state index contributed by atoms with van der Waals surface area (Å²) in [5.74, 6) is -0.0469. The van der Waals surface area contributed by atoms with Crippen LogP contribution in [0.1, 0.15) is 5.56 Å². The van der Waals surface area contributed by atoms with Gasteiger partial charge in [0.1, 0.15) is 11.6 Å². The van der Waals surface area contributed by atoms with Gasteiger partial charge in [0, 0.05) is 5.56 Å². The van der Waals surface area contributed by atoms with Crippen molar-refractivity contribution in [2.45, 2.75) is 0 Å². The second-order valence-electron chi connectivity index (χ2n) is 5.92. The average molecular weight is 359 g/mol. The van der Waals surface area contributed by atoms with Gasteiger partial charge in [0.05, 0.1) is 17.1 Å². The topological polar surface area (TPSA) is 67.5 Å². The lowest BCUT2D eigenvalue weighted by atomic mass is 10.2. The first-order valence-electron chi connectivity index (χ1n) is 8.23. The van der Waals surface area contributed by atoms with Crippen molar-refractivity contribution >= 4 is 17.1 Å². The molecule has 0 fully saturated rings. The van der Waals surface area contributed by atoms with Crippen LogP contribution in [0.2, 0.25) is 0 Å². The monoisotopic (exact) mass is 359 g/mol. The molecule has 5 nitrogen and oxygen atoms in total. The van der Waals surface area contributed by atoms with Gasteiger partial charge in [-0.2, -0.15) is 9.78 Å². The number of rotatable bonds is 3. The Labute approximate surface area is 153 Å². The van der Waals surface area contributed by atoms with Crippen molar-refractivity contribution in [1.82, 2.24) is 9.66 Å². The fraction of sp³-hybridized carbons (Fsp3) is 0. The Kier molecular flexibility index (Phi) is 4.22. The van der Waals surface area contributed by atoms with E-state index in [-0.39, 0.29) is 17.1 Å². The van der Waals surface area contributed by atoms with Crippen molar-refractivity contribution in [3.63, 3.8) is 0 Å². The summed E-state index contributed by atoms with van der Waals surface area (Å²) in [6.07, 6.45) is 1.49. The van der Waals surface area contributed by atoms with Crippen LogP contribution in [0.15, 0.2) is 82.7 Å². The molecule has 0 atom stereocenters. The van der Waals surface area contributed by atoms with Crippen LogP contribution in [0.3, 0.4) is 0 Å². The summed E-state index contributed by atoms with van der Waals surface area (Å²) in [7, 11) is 0. The highest BCUT2D eigenvalue weighted by atomic mass is 19.1. The van der Waals surface area contributed by atoms with Crippen LogP contribution in [0.5, 0.6) is 5.75 Å². The first kappa shape index (κ1) is 16.7. The zero-order valence-corrected chi connectivity index (χ0v) is 14.1. The van der Waals surface area contributed by atoms with Crippen LogP contribution in [0, 0.1) is 5.82 Å². The standard InChI is InChI=1S/C21H14FN3O2/c22-16-5-3-4-15(12-16)20-24-19-7-2-1-6-18(19)21(27)25(20)23-13-14-8-10-17(26)11-9-14/h1-13,26H. The number of phenols is 1. The van der Waals surface area contributed by atoms with E-state index in [2.05, 4.69) is 10.1 Å². The first-order chi connectivity index (χ1) is 13.1. The molecule has 0 aliphatic carbocycles. The SMILES string of the molecule is O=c1c2ccccc2nc(-c2cccc(F)c2)n1N=Cc1ccc(O)cc1. The molecule has 132 valence electrons. The van der Waals surface area contributed by atoms with Gasteiger partial charge < -0.3 is 5.11 Å². The number of fused-ring (bicyclic) bond motifs is 1. The molecule has 4 aromatic rings. The molecule has 0 saturated heterocycles. The Hall–Kier alpha value is -3.80. The molecule has 0 saturated carbocycles. The molecule has 1 heterocycles. The second-order valence-corrected chi connectivity index (χ2v) is 5.92. The van der Waals surface area contributed by atoms with Gasteiger partial charge in [-0.3, -0.25) is 4.79 Å². The number of aromatic hydroxyl groups is 1. The summed E-state index contributed by atoms with van der Waals surface area (Å²) in [6, 6.07) is 19.2. The fourth-order valence-electron chi connectivity index (χ4n) is 2.73. The van der Waals surface area contributed by atoms with E-state index >= 15 is 0 Å². The predicted octanol–water partition coefficient (Wildman–Crippen LogP) is 3.79. The van der Waals surface area contributed by atoms with Crippen molar-refractivity contribution in [3.05, 3.63) is 94.5 Å². The normalized spacial score (nSPS) is 11.3. The van der Waals surface area contributed by atoms with Crippen LogP contribution in [-0.4, -0.2) is 21.0 Å². The average Bonchev–Trinajstić information content (AvgIpc) is 2.68. The Morgan fingerprint density at radius 2 is 1.78 bits per heavy atom. The molecule has 3 aromatic carbocycles. The summed E-state index contributed by atoms with van der Waals surface area (Å²) in [5.41, 5.74) is 1.30. The molecule has 1 N–H and O–H groups in total. The van der Waals surface area contributed by atoms with Gasteiger partial charge in [0.15, 0.2) is 5.82 Å². The lowest BCUT2D eigenvalue weighted by molar-refractivity contribution is 0.475. The predicted molar refractivity (Wildman–Crippen MR) is 102 cm³/mol. The maximum atomic E-state index is 13.7. The molecule has 0 aliphatic rings. The highest BCUT2D eigenvalue weighted by molar-refractivity contribution is 5.82. The van der Waals surface area contributed by atoms with Gasteiger partial charge in [-0.15, -0.1) is 0 Å². The minimum atomic E-state index is -0.427. The van der Waals surface area contributed by atoms with Crippen LogP contribution in [0.25, 0.3) is 22.3 Å². The van der Waals surface area contributed by atoms with Gasteiger partial charge in [-0.25, -0.2) is 9.37 Å². The van der Waals surface area contributed by atoms with Crippen LogP contribution < -0.4 is 5.56 Å². The van der Waals surface area contributed by atoms with E-state index < -0.39 is 5.82 Å². The van der Waals surface area contributed by atoms with Gasteiger partial charge in [-0.05, 0) is 54.1 Å². The number of hydrogen-bond acceptors (Lipinski definition) is 4. The number of hydrogen-bond donors (Lipinski definition) is 1. The summed E-state index contributed by atoms with van der Waals surface area (Å²) in [6.45, 7) is 0. The largest absolute Gasteiger partial charge is 0.508 e. The molecular formula is C21H14FN3O2. The molecular weight excluding hydrogens is 345 g/mol. The Balaban J connectivity index is 1.94. The van der Waals surface area contributed by atoms with E-state index in [9.17, 15) is 14.3 Å². The Bertz CT molecular complexity index is 1210. The molecule has 4 rings (SSSR count). The van der Waals surface area contributed by atoms with Crippen molar-refractivity contribution in [1.29, 1.82) is 0 Å². The molecule has 6 heteroatoms. The van der Waals surface area contributed by atoms with E-state index in [1.807, 2.05) is 0 Å². The molecule has 0 amide bonds. The molecule has 0 aliphatic heterocycles. The van der Waals surface area contributed by atoms with E-state index in [1.165, 1.54) is 30.5 Å². The third kappa shape index (κ3) is 3.32. The maximum Gasteiger partial charge on any atom is 0.282 e. The van der Waals surface area contributed by atoms with E-state index in [0.717, 1.165) is 4.68 Å². The zero-order valence-electron chi connectivity index (χ0n) is 14.1. The number of aromatic nitrogens is 2. The Morgan fingerprint density at radius 1 is 1.00 bits per heavy atom. The molecule has 0 radical (unpaired) electrons. The molecule has 27 heavy (non-hydrogen) atoms. The van der Waals surface area contributed by atoms with Gasteiger partial charge >= 0.3 is 0 Å². The third-order valence-electron chi connectivity index (χ3n) is 4.05. The molecule has 0 bridgehead atoms. The smallest absolute Gasteiger partial charge is 0.282 e. The van der Waals surface area contributed by atoms with Crippen LogP contribution in [0.4, 0.5) is 4.39 Å². The van der Waals surface area contributed by atoms with Crippen molar-refractivity contribution in [2.24, 2.45) is 5.10 Å². The van der Waals surface area contributed by atoms with E-state index in [0.29, 0.717) is 22.0 Å². The lowest BCUT2D eigenvalue weighted by Gasteiger charge is -2.09. The lowest BCUT2D eigenvalue weighted by Crippen LogP contribution is -2.20. The van der Waals surface area contributed by atoms with Crippen LogP contribution in [-0.2, 0) is 0 Å². The van der Waals surface area contributed by atoms with Crippen molar-refractivity contribution in [3.8, 4) is 17.1 Å². The number of nitrogens with zero attached hydrogens (tertiary/aromatic N) is 3. The van der Waals surface area contributed by atoms with Gasteiger partial charge in [0.25, 0.3) is 5.56 Å². The van der Waals surface area contributed by atoms with E-state index in [4.69, 9.17) is 0 Å². The third-order valence-corrected chi connectivity index (χ3v) is 4.05.